The van der Waals surface area contributed by atoms with Crippen molar-refractivity contribution in [1.82, 2.24) is 0 Å². The SMILES string of the molecule is NC1=NC2(CCc3ccc(Br)cc3C2=O)CO1. The predicted molar refractivity (Wildman–Crippen MR) is 67.1 cm³/mol. The number of carbonyl (C=O) groups is 1. The number of benzene rings is 1. The lowest BCUT2D eigenvalue weighted by molar-refractivity contribution is 0.0835. The maximum Gasteiger partial charge on any atom is 0.283 e. The normalized spacial score (nSPS) is 26.6. The molecule has 4 nitrogen and oxygen atoms in total. The van der Waals surface area contributed by atoms with E-state index in [1.165, 1.54) is 0 Å². The van der Waals surface area contributed by atoms with E-state index in [9.17, 15) is 4.79 Å². The number of fused-ring (bicyclic) bond motifs is 1. The van der Waals surface area contributed by atoms with Crippen molar-refractivity contribution in [2.45, 2.75) is 18.4 Å². The summed E-state index contributed by atoms with van der Waals surface area (Å²) in [6.45, 7) is 0.267. The van der Waals surface area contributed by atoms with E-state index in [4.69, 9.17) is 10.5 Å². The van der Waals surface area contributed by atoms with E-state index in [2.05, 4.69) is 20.9 Å². The Morgan fingerprint density at radius 1 is 1.47 bits per heavy atom. The van der Waals surface area contributed by atoms with Crippen LogP contribution in [0.5, 0.6) is 0 Å². The van der Waals surface area contributed by atoms with Crippen molar-refractivity contribution in [1.29, 1.82) is 0 Å². The zero-order valence-corrected chi connectivity index (χ0v) is 10.7. The average Bonchev–Trinajstić information content (AvgIpc) is 2.68. The molecule has 1 heterocycles. The topological polar surface area (TPSA) is 64.7 Å². The number of ether oxygens (including phenoxy) is 1. The summed E-state index contributed by atoms with van der Waals surface area (Å²) < 4.78 is 6.06. The summed E-state index contributed by atoms with van der Waals surface area (Å²) in [5.41, 5.74) is 6.54. The summed E-state index contributed by atoms with van der Waals surface area (Å²) in [6, 6.07) is 5.90. The van der Waals surface area contributed by atoms with Crippen LogP contribution in [0.1, 0.15) is 22.3 Å². The van der Waals surface area contributed by atoms with Crippen molar-refractivity contribution in [2.75, 3.05) is 6.61 Å². The molecule has 1 aromatic rings. The van der Waals surface area contributed by atoms with Crippen molar-refractivity contribution in [3.05, 3.63) is 33.8 Å². The van der Waals surface area contributed by atoms with Crippen molar-refractivity contribution in [3.63, 3.8) is 0 Å². The van der Waals surface area contributed by atoms with Gasteiger partial charge >= 0.3 is 0 Å². The first-order valence-electron chi connectivity index (χ1n) is 5.42. The van der Waals surface area contributed by atoms with Crippen LogP contribution in [0.4, 0.5) is 0 Å². The number of aryl methyl sites for hydroxylation is 1. The summed E-state index contributed by atoms with van der Waals surface area (Å²) in [4.78, 5) is 16.7. The lowest BCUT2D eigenvalue weighted by Gasteiger charge is -2.28. The fourth-order valence-corrected chi connectivity index (χ4v) is 2.76. The summed E-state index contributed by atoms with van der Waals surface area (Å²) in [7, 11) is 0. The van der Waals surface area contributed by atoms with Gasteiger partial charge in [0.1, 0.15) is 6.61 Å². The van der Waals surface area contributed by atoms with Crippen LogP contribution in [-0.2, 0) is 11.2 Å². The maximum atomic E-state index is 12.5. The van der Waals surface area contributed by atoms with E-state index in [1.807, 2.05) is 18.2 Å². The monoisotopic (exact) mass is 294 g/mol. The molecule has 1 unspecified atom stereocenters. The fraction of sp³-hybridized carbons (Fsp3) is 0.333. The molecule has 17 heavy (non-hydrogen) atoms. The van der Waals surface area contributed by atoms with Gasteiger partial charge in [-0.3, -0.25) is 4.79 Å². The van der Waals surface area contributed by atoms with Gasteiger partial charge in [0.15, 0.2) is 11.3 Å². The van der Waals surface area contributed by atoms with Gasteiger partial charge < -0.3 is 10.5 Å². The zero-order valence-electron chi connectivity index (χ0n) is 9.07. The molecule has 0 saturated carbocycles. The Bertz CT molecular complexity index is 541. The molecule has 0 saturated heterocycles. The van der Waals surface area contributed by atoms with Gasteiger partial charge in [0.2, 0.25) is 0 Å². The Hall–Kier alpha value is -1.36. The molecule has 1 atom stereocenters. The number of nitrogens with zero attached hydrogens (tertiary/aromatic N) is 1. The quantitative estimate of drug-likeness (QED) is 0.791. The summed E-state index contributed by atoms with van der Waals surface area (Å²) in [5.74, 6) is 0.0144. The largest absolute Gasteiger partial charge is 0.462 e. The van der Waals surface area contributed by atoms with Gasteiger partial charge in [0.05, 0.1) is 0 Å². The number of carbonyl (C=O) groups excluding carboxylic acids is 1. The number of halogens is 1. The third-order valence-corrected chi connectivity index (χ3v) is 3.82. The molecule has 0 radical (unpaired) electrons. The number of ketones is 1. The number of amidine groups is 1. The smallest absolute Gasteiger partial charge is 0.283 e. The number of hydrogen-bond donors (Lipinski definition) is 1. The van der Waals surface area contributed by atoms with Crippen molar-refractivity contribution in [2.24, 2.45) is 10.7 Å². The molecule has 2 aliphatic rings. The number of Topliss-reactive ketones (excluding diaryl/α,β-unsaturated/α-hetero) is 1. The van der Waals surface area contributed by atoms with Crippen molar-refractivity contribution >= 4 is 27.7 Å². The van der Waals surface area contributed by atoms with E-state index < -0.39 is 5.54 Å². The third kappa shape index (κ3) is 1.57. The molecule has 88 valence electrons. The van der Waals surface area contributed by atoms with Gasteiger partial charge in [0.25, 0.3) is 6.02 Å². The van der Waals surface area contributed by atoms with Gasteiger partial charge in [-0.1, -0.05) is 22.0 Å². The van der Waals surface area contributed by atoms with Crippen LogP contribution in [0.15, 0.2) is 27.7 Å². The Kier molecular flexibility index (Phi) is 2.26. The highest BCUT2D eigenvalue weighted by molar-refractivity contribution is 9.10. The van der Waals surface area contributed by atoms with Gasteiger partial charge in [-0.2, -0.15) is 0 Å². The fourth-order valence-electron chi connectivity index (χ4n) is 2.40. The second kappa shape index (κ2) is 3.57. The molecule has 1 aliphatic heterocycles. The molecule has 3 rings (SSSR count). The van der Waals surface area contributed by atoms with Crippen LogP contribution in [-0.4, -0.2) is 24.0 Å². The Morgan fingerprint density at radius 3 is 3.00 bits per heavy atom. The van der Waals surface area contributed by atoms with Gasteiger partial charge in [0, 0.05) is 10.0 Å². The number of hydrogen-bond acceptors (Lipinski definition) is 4. The van der Waals surface area contributed by atoms with Gasteiger partial charge in [-0.25, -0.2) is 4.99 Å². The molecule has 5 heteroatoms. The second-order valence-corrected chi connectivity index (χ2v) is 5.32. The molecule has 0 amide bonds. The minimum Gasteiger partial charge on any atom is -0.462 e. The highest BCUT2D eigenvalue weighted by atomic mass is 79.9. The van der Waals surface area contributed by atoms with Gasteiger partial charge in [-0.05, 0) is 30.5 Å². The number of aliphatic imine (C=N–C) groups is 1. The predicted octanol–water partition coefficient (Wildman–Crippen LogP) is 1.66. The molecular weight excluding hydrogens is 284 g/mol. The molecule has 2 N–H and O–H groups in total. The summed E-state index contributed by atoms with van der Waals surface area (Å²) >= 11 is 3.38. The van der Waals surface area contributed by atoms with E-state index in [-0.39, 0.29) is 18.4 Å². The van der Waals surface area contributed by atoms with Crippen molar-refractivity contribution < 1.29 is 9.53 Å². The Labute approximate surface area is 107 Å². The standard InChI is InChI=1S/C12H11BrN2O2/c13-8-2-1-7-3-4-12(6-17-11(14)15-12)10(16)9(7)5-8/h1-2,5H,3-4,6H2,(H2,14,15). The first kappa shape index (κ1) is 10.8. The highest BCUT2D eigenvalue weighted by Crippen LogP contribution is 2.35. The molecule has 0 aromatic heterocycles. The number of rotatable bonds is 0. The third-order valence-electron chi connectivity index (χ3n) is 3.33. The van der Waals surface area contributed by atoms with Gasteiger partial charge in [-0.15, -0.1) is 0 Å². The average molecular weight is 295 g/mol. The zero-order chi connectivity index (χ0) is 12.0. The van der Waals surface area contributed by atoms with E-state index in [0.717, 1.165) is 22.0 Å². The van der Waals surface area contributed by atoms with Crippen molar-refractivity contribution in [3.8, 4) is 0 Å². The van der Waals surface area contributed by atoms with Crippen LogP contribution >= 0.6 is 15.9 Å². The molecule has 0 fully saturated rings. The maximum absolute atomic E-state index is 12.5. The lowest BCUT2D eigenvalue weighted by Crippen LogP contribution is -2.42. The van der Waals surface area contributed by atoms with Crippen LogP contribution in [0, 0.1) is 0 Å². The number of nitrogens with two attached hydrogens (primary N) is 1. The Morgan fingerprint density at radius 2 is 2.29 bits per heavy atom. The minimum atomic E-state index is -0.780. The minimum absolute atomic E-state index is 0.0144. The molecule has 1 spiro atoms. The van der Waals surface area contributed by atoms with Crippen LogP contribution in [0.2, 0.25) is 0 Å². The highest BCUT2D eigenvalue weighted by Gasteiger charge is 2.46. The van der Waals surface area contributed by atoms with E-state index >= 15 is 0 Å². The second-order valence-electron chi connectivity index (χ2n) is 4.40. The van der Waals surface area contributed by atoms with E-state index in [0.29, 0.717) is 6.42 Å². The van der Waals surface area contributed by atoms with E-state index in [1.54, 1.807) is 0 Å². The molecular formula is C12H11BrN2O2. The molecule has 1 aliphatic carbocycles. The van der Waals surface area contributed by atoms with Crippen LogP contribution in [0.3, 0.4) is 0 Å². The molecule has 1 aromatic carbocycles. The first-order chi connectivity index (χ1) is 8.11. The van der Waals surface area contributed by atoms with Crippen LogP contribution in [0.25, 0.3) is 0 Å². The molecule has 0 bridgehead atoms. The summed E-state index contributed by atoms with van der Waals surface area (Å²) in [5, 5.41) is 0. The van der Waals surface area contributed by atoms with Crippen LogP contribution < -0.4 is 5.73 Å². The lowest BCUT2D eigenvalue weighted by atomic mass is 9.78. The summed E-state index contributed by atoms with van der Waals surface area (Å²) in [6.07, 6.45) is 1.50. The Balaban J connectivity index is 2.09. The first-order valence-corrected chi connectivity index (χ1v) is 6.21.